The molecule has 0 aliphatic rings. The highest BCUT2D eigenvalue weighted by Crippen LogP contribution is 2.25. The second kappa shape index (κ2) is 35.9. The molecule has 0 aliphatic heterocycles. The van der Waals surface area contributed by atoms with Crippen molar-refractivity contribution in [3.8, 4) is 11.5 Å². The monoisotopic (exact) mass is 686 g/mol. The lowest BCUT2D eigenvalue weighted by molar-refractivity contribution is 0.289. The first-order valence-electron chi connectivity index (χ1n) is 21.6. The number of nitrogens with zero attached hydrogens (tertiary/aromatic N) is 1. The van der Waals surface area contributed by atoms with Crippen LogP contribution in [-0.4, -0.2) is 19.2 Å². The maximum atomic E-state index is 6.16. The number of hydrogen-bond acceptors (Lipinski definition) is 3. The van der Waals surface area contributed by atoms with Gasteiger partial charge in [-0.3, -0.25) is 0 Å². The fourth-order valence-corrected chi connectivity index (χ4v) is 6.75. The van der Waals surface area contributed by atoms with Gasteiger partial charge in [0.2, 0.25) is 0 Å². The summed E-state index contributed by atoms with van der Waals surface area (Å²) in [5, 5.41) is 0. The van der Waals surface area contributed by atoms with Crippen LogP contribution in [0.3, 0.4) is 0 Å². The van der Waals surface area contributed by atoms with E-state index in [0.29, 0.717) is 6.54 Å². The predicted octanol–water partition coefficient (Wildman–Crippen LogP) is 13.7. The maximum absolute atomic E-state index is 6.16. The fraction of sp³-hybridized carbons (Fsp3) is 0.841. The highest BCUT2D eigenvalue weighted by atomic mass is 16.5. The van der Waals surface area contributed by atoms with E-state index in [1.165, 1.54) is 193 Å². The second-order valence-corrected chi connectivity index (χ2v) is 14.9. The summed E-state index contributed by atoms with van der Waals surface area (Å²) in [5.74, 6) is 1.81. The van der Waals surface area contributed by atoms with Gasteiger partial charge in [-0.1, -0.05) is 206 Å². The number of aliphatic imine (C=N–C) groups is 1. The zero-order valence-corrected chi connectivity index (χ0v) is 32.9. The van der Waals surface area contributed by atoms with Crippen LogP contribution >= 0.6 is 0 Å². The minimum atomic E-state index is 0.107. The quantitative estimate of drug-likeness (QED) is 0.0412. The van der Waals surface area contributed by atoms with E-state index in [-0.39, 0.29) is 5.96 Å². The number of hydrogen-bond donors (Lipinski definition) is 2. The van der Waals surface area contributed by atoms with Crippen molar-refractivity contribution in [2.45, 2.75) is 226 Å². The average Bonchev–Trinajstić information content (AvgIpc) is 3.10. The van der Waals surface area contributed by atoms with Crippen molar-refractivity contribution < 1.29 is 9.47 Å². The van der Waals surface area contributed by atoms with Crippen LogP contribution in [0.4, 0.5) is 0 Å². The Kier molecular flexibility index (Phi) is 33.1. The molecule has 0 aliphatic carbocycles. The largest absolute Gasteiger partial charge is 0.493 e. The molecule has 5 nitrogen and oxygen atoms in total. The van der Waals surface area contributed by atoms with Crippen LogP contribution in [-0.2, 0) is 6.54 Å². The van der Waals surface area contributed by atoms with E-state index in [9.17, 15) is 0 Å². The highest BCUT2D eigenvalue weighted by molar-refractivity contribution is 5.75. The van der Waals surface area contributed by atoms with Crippen molar-refractivity contribution in [2.75, 3.05) is 13.2 Å². The molecular formula is C44H83N3O2. The molecule has 0 unspecified atom stereocenters. The van der Waals surface area contributed by atoms with Crippen LogP contribution in [0.5, 0.6) is 11.5 Å². The van der Waals surface area contributed by atoms with E-state index in [2.05, 4.69) is 18.8 Å². The Bertz CT molecular complexity index is 798. The fourth-order valence-electron chi connectivity index (χ4n) is 6.75. The average molecular weight is 686 g/mol. The molecule has 0 saturated carbocycles. The smallest absolute Gasteiger partial charge is 0.186 e. The van der Waals surface area contributed by atoms with Gasteiger partial charge in [0, 0.05) is 6.07 Å². The van der Waals surface area contributed by atoms with Crippen molar-refractivity contribution in [2.24, 2.45) is 16.5 Å². The molecule has 1 aromatic carbocycles. The minimum absolute atomic E-state index is 0.107. The second-order valence-electron chi connectivity index (χ2n) is 14.9. The SMILES string of the molecule is CCCCCCCCCCCCCCCCCCOc1cc(CN=C(N)N)cc(OCCCCCCCCCCCCCCCCCC)c1. The van der Waals surface area contributed by atoms with Crippen LogP contribution in [0.1, 0.15) is 225 Å². The van der Waals surface area contributed by atoms with Gasteiger partial charge in [-0.15, -0.1) is 0 Å². The third-order valence-corrected chi connectivity index (χ3v) is 9.92. The minimum Gasteiger partial charge on any atom is -0.493 e. The summed E-state index contributed by atoms with van der Waals surface area (Å²) in [4.78, 5) is 4.20. The number of benzene rings is 1. The molecule has 0 atom stereocenters. The molecule has 0 aromatic heterocycles. The molecule has 0 radical (unpaired) electrons. The Morgan fingerprint density at radius 1 is 0.408 bits per heavy atom. The van der Waals surface area contributed by atoms with E-state index in [4.69, 9.17) is 20.9 Å². The van der Waals surface area contributed by atoms with Gasteiger partial charge in [0.15, 0.2) is 5.96 Å². The van der Waals surface area contributed by atoms with Gasteiger partial charge in [-0.25, -0.2) is 4.99 Å². The van der Waals surface area contributed by atoms with Gasteiger partial charge >= 0.3 is 0 Å². The van der Waals surface area contributed by atoms with Gasteiger partial charge in [-0.05, 0) is 30.5 Å². The van der Waals surface area contributed by atoms with Crippen molar-refractivity contribution in [3.05, 3.63) is 23.8 Å². The lowest BCUT2D eigenvalue weighted by atomic mass is 10.0. The number of rotatable bonds is 38. The van der Waals surface area contributed by atoms with Crippen LogP contribution in [0.25, 0.3) is 0 Å². The molecule has 286 valence electrons. The van der Waals surface area contributed by atoms with Gasteiger partial charge in [0.1, 0.15) is 11.5 Å². The van der Waals surface area contributed by atoms with E-state index >= 15 is 0 Å². The molecule has 49 heavy (non-hydrogen) atoms. The Labute approximate surface area is 305 Å². The Morgan fingerprint density at radius 2 is 0.673 bits per heavy atom. The molecule has 4 N–H and O–H groups in total. The molecule has 1 rings (SSSR count). The molecular weight excluding hydrogens is 603 g/mol. The summed E-state index contributed by atoms with van der Waals surface area (Å²) >= 11 is 0. The predicted molar refractivity (Wildman–Crippen MR) is 216 cm³/mol. The Morgan fingerprint density at radius 3 is 0.939 bits per heavy atom. The van der Waals surface area contributed by atoms with Crippen LogP contribution in [0.2, 0.25) is 0 Å². The van der Waals surface area contributed by atoms with Gasteiger partial charge < -0.3 is 20.9 Å². The summed E-state index contributed by atoms with van der Waals surface area (Å²) in [6, 6.07) is 6.11. The number of ether oxygens (including phenoxy) is 2. The lowest BCUT2D eigenvalue weighted by Gasteiger charge is -2.12. The first kappa shape index (κ1) is 45.1. The molecule has 0 spiro atoms. The normalized spacial score (nSPS) is 11.2. The van der Waals surface area contributed by atoms with Crippen LogP contribution in [0, 0.1) is 0 Å². The van der Waals surface area contributed by atoms with Gasteiger partial charge in [0.25, 0.3) is 0 Å². The summed E-state index contributed by atoms with van der Waals surface area (Å²) in [6.45, 7) is 6.50. The van der Waals surface area contributed by atoms with Crippen molar-refractivity contribution in [3.63, 3.8) is 0 Å². The van der Waals surface area contributed by atoms with Crippen LogP contribution < -0.4 is 20.9 Å². The van der Waals surface area contributed by atoms with Crippen molar-refractivity contribution in [1.82, 2.24) is 0 Å². The summed E-state index contributed by atoms with van der Waals surface area (Å²) in [5.41, 5.74) is 12.2. The summed E-state index contributed by atoms with van der Waals surface area (Å²) in [7, 11) is 0. The maximum Gasteiger partial charge on any atom is 0.186 e. The molecule has 0 bridgehead atoms. The van der Waals surface area contributed by atoms with E-state index in [1.807, 2.05) is 18.2 Å². The van der Waals surface area contributed by atoms with E-state index in [1.54, 1.807) is 0 Å². The Balaban J connectivity index is 2.10. The van der Waals surface area contributed by atoms with E-state index in [0.717, 1.165) is 43.1 Å². The number of unbranched alkanes of at least 4 members (excludes halogenated alkanes) is 30. The Hall–Kier alpha value is -1.91. The summed E-state index contributed by atoms with van der Waals surface area (Å²) < 4.78 is 12.3. The highest BCUT2D eigenvalue weighted by Gasteiger charge is 2.05. The summed E-state index contributed by atoms with van der Waals surface area (Å²) in [6.07, 6.45) is 44.0. The lowest BCUT2D eigenvalue weighted by Crippen LogP contribution is -2.22. The zero-order valence-electron chi connectivity index (χ0n) is 32.9. The molecule has 0 saturated heterocycles. The standard InChI is InChI=1S/C44H83N3O2/c1-3-5-7-9-11-13-15-17-19-21-23-25-27-29-31-33-35-48-42-37-41(40-47-44(45)46)38-43(39-42)49-36-34-32-30-28-26-24-22-20-18-16-14-12-10-8-6-4-2/h37-39H,3-36,40H2,1-2H3,(H4,45,46,47). The van der Waals surface area contributed by atoms with Crippen LogP contribution in [0.15, 0.2) is 23.2 Å². The first-order chi connectivity index (χ1) is 24.2. The molecule has 1 aromatic rings. The number of guanidine groups is 1. The third-order valence-electron chi connectivity index (χ3n) is 9.92. The first-order valence-corrected chi connectivity index (χ1v) is 21.6. The number of nitrogens with two attached hydrogens (primary N) is 2. The van der Waals surface area contributed by atoms with Gasteiger partial charge in [-0.2, -0.15) is 0 Å². The van der Waals surface area contributed by atoms with Crippen molar-refractivity contribution in [1.29, 1.82) is 0 Å². The van der Waals surface area contributed by atoms with Crippen molar-refractivity contribution >= 4 is 5.96 Å². The molecule has 0 fully saturated rings. The molecule has 5 heteroatoms. The zero-order chi connectivity index (χ0) is 35.3. The van der Waals surface area contributed by atoms with Gasteiger partial charge in [0.05, 0.1) is 19.8 Å². The topological polar surface area (TPSA) is 82.9 Å². The third kappa shape index (κ3) is 31.8. The molecule has 0 heterocycles. The van der Waals surface area contributed by atoms with E-state index < -0.39 is 0 Å². The molecule has 0 amide bonds.